The number of H-pyrrole nitrogens is 1. The number of rotatable bonds is 2. The van der Waals surface area contributed by atoms with Crippen LogP contribution >= 0.6 is 0 Å². The van der Waals surface area contributed by atoms with Gasteiger partial charge >= 0.3 is 0 Å². The summed E-state index contributed by atoms with van der Waals surface area (Å²) in [5, 5.41) is 7.24. The van der Waals surface area contributed by atoms with Gasteiger partial charge in [-0.05, 0) is 25.5 Å². The molecule has 0 aliphatic carbocycles. The Bertz CT molecular complexity index is 569. The van der Waals surface area contributed by atoms with Gasteiger partial charge in [0.1, 0.15) is 0 Å². The van der Waals surface area contributed by atoms with E-state index in [1.165, 1.54) is 6.07 Å². The van der Waals surface area contributed by atoms with Crippen molar-refractivity contribution in [2.24, 2.45) is 0 Å². The maximum absolute atomic E-state index is 11.2. The molecule has 0 aromatic carbocycles. The molecular formula is C11H12N4O2. The highest BCUT2D eigenvalue weighted by molar-refractivity contribution is 5.51. The van der Waals surface area contributed by atoms with E-state index < -0.39 is 0 Å². The summed E-state index contributed by atoms with van der Waals surface area (Å²) in [6, 6.07) is 3.36. The predicted molar refractivity (Wildman–Crippen MR) is 60.3 cm³/mol. The predicted octanol–water partition coefficient (Wildman–Crippen LogP) is 0.849. The van der Waals surface area contributed by atoms with Gasteiger partial charge in [-0.15, -0.1) is 0 Å². The molecule has 3 rings (SSSR count). The summed E-state index contributed by atoms with van der Waals surface area (Å²) in [5.41, 5.74) is 0.465. The van der Waals surface area contributed by atoms with Crippen molar-refractivity contribution in [1.82, 2.24) is 20.4 Å². The lowest BCUT2D eigenvalue weighted by atomic mass is 10.2. The smallest absolute Gasteiger partial charge is 0.258 e. The van der Waals surface area contributed by atoms with E-state index in [0.29, 0.717) is 17.3 Å². The molecular weight excluding hydrogens is 220 g/mol. The topological polar surface area (TPSA) is 83.8 Å². The Kier molecular flexibility index (Phi) is 2.49. The molecule has 2 aromatic heterocycles. The van der Waals surface area contributed by atoms with Crippen LogP contribution in [0.1, 0.15) is 24.7 Å². The number of pyridine rings is 1. The average Bonchev–Trinajstić information content (AvgIpc) is 3.00. The SMILES string of the molecule is O=c1cc(-c2nc(C3CCCN3)no2)cc[nH]1. The summed E-state index contributed by atoms with van der Waals surface area (Å²) in [6.45, 7) is 0.986. The monoisotopic (exact) mass is 232 g/mol. The molecule has 17 heavy (non-hydrogen) atoms. The van der Waals surface area contributed by atoms with Crippen LogP contribution in [0.4, 0.5) is 0 Å². The fraction of sp³-hybridized carbons (Fsp3) is 0.364. The fourth-order valence-corrected chi connectivity index (χ4v) is 1.98. The molecule has 1 unspecified atom stereocenters. The van der Waals surface area contributed by atoms with Crippen LogP contribution in [0.25, 0.3) is 11.5 Å². The highest BCUT2D eigenvalue weighted by atomic mass is 16.5. The molecule has 0 amide bonds. The van der Waals surface area contributed by atoms with E-state index in [1.54, 1.807) is 12.3 Å². The van der Waals surface area contributed by atoms with E-state index >= 15 is 0 Å². The Morgan fingerprint density at radius 1 is 1.47 bits per heavy atom. The Labute approximate surface area is 97.1 Å². The van der Waals surface area contributed by atoms with Crippen LogP contribution in [-0.4, -0.2) is 21.7 Å². The molecule has 2 aromatic rings. The van der Waals surface area contributed by atoms with Crippen LogP contribution in [0.2, 0.25) is 0 Å². The minimum atomic E-state index is -0.179. The third-order valence-corrected chi connectivity index (χ3v) is 2.84. The second-order valence-corrected chi connectivity index (χ2v) is 4.05. The molecule has 0 saturated carbocycles. The van der Waals surface area contributed by atoms with Crippen molar-refractivity contribution in [3.05, 3.63) is 34.5 Å². The number of hydrogen-bond acceptors (Lipinski definition) is 5. The van der Waals surface area contributed by atoms with Gasteiger partial charge in [0, 0.05) is 17.8 Å². The minimum absolute atomic E-state index is 0.175. The third-order valence-electron chi connectivity index (χ3n) is 2.84. The lowest BCUT2D eigenvalue weighted by Gasteiger charge is -2.01. The van der Waals surface area contributed by atoms with Gasteiger partial charge in [0.15, 0.2) is 5.82 Å². The summed E-state index contributed by atoms with van der Waals surface area (Å²) in [6.07, 6.45) is 3.71. The Balaban J connectivity index is 1.91. The first-order valence-corrected chi connectivity index (χ1v) is 5.59. The van der Waals surface area contributed by atoms with Gasteiger partial charge in [-0.3, -0.25) is 4.79 Å². The molecule has 0 radical (unpaired) electrons. The van der Waals surface area contributed by atoms with E-state index in [0.717, 1.165) is 19.4 Å². The van der Waals surface area contributed by atoms with Crippen LogP contribution in [0.5, 0.6) is 0 Å². The zero-order valence-corrected chi connectivity index (χ0v) is 9.14. The largest absolute Gasteiger partial charge is 0.334 e. The fourth-order valence-electron chi connectivity index (χ4n) is 1.98. The van der Waals surface area contributed by atoms with Crippen LogP contribution < -0.4 is 10.9 Å². The number of nitrogens with zero attached hydrogens (tertiary/aromatic N) is 2. The van der Waals surface area contributed by atoms with E-state index in [2.05, 4.69) is 20.4 Å². The number of aromatic amines is 1. The molecule has 3 heterocycles. The molecule has 88 valence electrons. The molecule has 2 N–H and O–H groups in total. The Hall–Kier alpha value is -1.95. The van der Waals surface area contributed by atoms with Crippen LogP contribution in [0, 0.1) is 0 Å². The molecule has 1 atom stereocenters. The first-order chi connectivity index (χ1) is 8.33. The maximum atomic E-state index is 11.2. The minimum Gasteiger partial charge on any atom is -0.334 e. The molecule has 6 heteroatoms. The Morgan fingerprint density at radius 3 is 3.18 bits per heavy atom. The van der Waals surface area contributed by atoms with Crippen molar-refractivity contribution in [2.45, 2.75) is 18.9 Å². The van der Waals surface area contributed by atoms with Gasteiger partial charge in [0.25, 0.3) is 5.89 Å². The van der Waals surface area contributed by atoms with Crippen molar-refractivity contribution in [1.29, 1.82) is 0 Å². The number of nitrogens with one attached hydrogen (secondary N) is 2. The zero-order chi connectivity index (χ0) is 11.7. The van der Waals surface area contributed by atoms with Gasteiger partial charge < -0.3 is 14.8 Å². The normalized spacial score (nSPS) is 19.6. The second-order valence-electron chi connectivity index (χ2n) is 4.05. The van der Waals surface area contributed by atoms with Crippen molar-refractivity contribution in [2.75, 3.05) is 6.54 Å². The number of aromatic nitrogens is 3. The lowest BCUT2D eigenvalue weighted by Crippen LogP contribution is -2.14. The first kappa shape index (κ1) is 10.2. The van der Waals surface area contributed by atoms with E-state index in [4.69, 9.17) is 4.52 Å². The highest BCUT2D eigenvalue weighted by Crippen LogP contribution is 2.23. The molecule has 0 spiro atoms. The third kappa shape index (κ3) is 1.99. The van der Waals surface area contributed by atoms with Crippen molar-refractivity contribution in [3.63, 3.8) is 0 Å². The molecule has 1 aliphatic rings. The standard InChI is InChI=1S/C11H12N4O2/c16-9-6-7(3-5-13-9)11-14-10(15-17-11)8-2-1-4-12-8/h3,5-6,8,12H,1-2,4H2,(H,13,16). The molecule has 6 nitrogen and oxygen atoms in total. The number of hydrogen-bond donors (Lipinski definition) is 2. The van der Waals surface area contributed by atoms with Gasteiger partial charge in [-0.25, -0.2) is 0 Å². The first-order valence-electron chi connectivity index (χ1n) is 5.59. The summed E-state index contributed by atoms with van der Waals surface area (Å²) < 4.78 is 5.16. The van der Waals surface area contributed by atoms with E-state index in [9.17, 15) is 4.79 Å². The van der Waals surface area contributed by atoms with Crippen molar-refractivity contribution in [3.8, 4) is 11.5 Å². The van der Waals surface area contributed by atoms with Crippen molar-refractivity contribution >= 4 is 0 Å². The van der Waals surface area contributed by atoms with E-state index in [-0.39, 0.29) is 11.6 Å². The maximum Gasteiger partial charge on any atom is 0.258 e. The van der Waals surface area contributed by atoms with Crippen LogP contribution in [-0.2, 0) is 0 Å². The van der Waals surface area contributed by atoms with Gasteiger partial charge in [0.05, 0.1) is 6.04 Å². The molecule has 1 fully saturated rings. The zero-order valence-electron chi connectivity index (χ0n) is 9.14. The summed E-state index contributed by atoms with van der Waals surface area (Å²) in [7, 11) is 0. The van der Waals surface area contributed by atoms with Crippen LogP contribution in [0.3, 0.4) is 0 Å². The van der Waals surface area contributed by atoms with Crippen LogP contribution in [0.15, 0.2) is 27.6 Å². The van der Waals surface area contributed by atoms with Gasteiger partial charge in [-0.2, -0.15) is 4.98 Å². The van der Waals surface area contributed by atoms with Gasteiger partial charge in [0.2, 0.25) is 5.56 Å². The average molecular weight is 232 g/mol. The van der Waals surface area contributed by atoms with E-state index in [1.807, 2.05) is 0 Å². The molecule has 0 bridgehead atoms. The highest BCUT2D eigenvalue weighted by Gasteiger charge is 2.21. The van der Waals surface area contributed by atoms with Gasteiger partial charge in [-0.1, -0.05) is 5.16 Å². The molecule has 1 saturated heterocycles. The summed E-state index contributed by atoms with van der Waals surface area (Å²) >= 11 is 0. The quantitative estimate of drug-likeness (QED) is 0.801. The van der Waals surface area contributed by atoms with Crippen molar-refractivity contribution < 1.29 is 4.52 Å². The second kappa shape index (κ2) is 4.14. The summed E-state index contributed by atoms with van der Waals surface area (Å²) in [5.74, 6) is 1.05. The lowest BCUT2D eigenvalue weighted by molar-refractivity contribution is 0.412. The summed E-state index contributed by atoms with van der Waals surface area (Å²) in [4.78, 5) is 18.0. The Morgan fingerprint density at radius 2 is 2.41 bits per heavy atom. The molecule has 1 aliphatic heterocycles.